The SMILES string of the molecule is O=C(O)C1COc2ccc(Cl)cc2C1O. The van der Waals surface area contributed by atoms with Crippen molar-refractivity contribution in [1.82, 2.24) is 0 Å². The van der Waals surface area contributed by atoms with Crippen molar-refractivity contribution in [3.8, 4) is 5.75 Å². The number of aliphatic carboxylic acids is 1. The van der Waals surface area contributed by atoms with E-state index < -0.39 is 18.0 Å². The second-order valence-electron chi connectivity index (χ2n) is 3.38. The highest BCUT2D eigenvalue weighted by Crippen LogP contribution is 2.36. The standard InChI is InChI=1S/C10H9ClO4/c11-5-1-2-8-6(3-5)9(12)7(4-15-8)10(13)14/h1-3,7,9,12H,4H2,(H,13,14). The van der Waals surface area contributed by atoms with Gasteiger partial charge in [0.25, 0.3) is 0 Å². The van der Waals surface area contributed by atoms with Gasteiger partial charge >= 0.3 is 5.97 Å². The van der Waals surface area contributed by atoms with Crippen LogP contribution in [0.1, 0.15) is 11.7 Å². The van der Waals surface area contributed by atoms with Crippen molar-refractivity contribution in [2.75, 3.05) is 6.61 Å². The highest BCUT2D eigenvalue weighted by Gasteiger charge is 2.34. The smallest absolute Gasteiger partial charge is 0.313 e. The maximum Gasteiger partial charge on any atom is 0.313 e. The lowest BCUT2D eigenvalue weighted by Gasteiger charge is -2.27. The molecule has 0 saturated carbocycles. The molecule has 0 aliphatic carbocycles. The van der Waals surface area contributed by atoms with Gasteiger partial charge in [0.05, 0.1) is 6.10 Å². The van der Waals surface area contributed by atoms with Crippen molar-refractivity contribution in [3.05, 3.63) is 28.8 Å². The molecule has 0 amide bonds. The summed E-state index contributed by atoms with van der Waals surface area (Å²) in [6, 6.07) is 4.78. The van der Waals surface area contributed by atoms with Crippen molar-refractivity contribution in [1.29, 1.82) is 0 Å². The van der Waals surface area contributed by atoms with Crippen LogP contribution < -0.4 is 4.74 Å². The average molecular weight is 229 g/mol. The van der Waals surface area contributed by atoms with Gasteiger partial charge in [0, 0.05) is 10.6 Å². The molecule has 0 bridgehead atoms. The Kier molecular flexibility index (Phi) is 2.54. The van der Waals surface area contributed by atoms with Crippen LogP contribution in [0.2, 0.25) is 5.02 Å². The minimum Gasteiger partial charge on any atom is -0.492 e. The van der Waals surface area contributed by atoms with Crippen LogP contribution in [0.3, 0.4) is 0 Å². The summed E-state index contributed by atoms with van der Waals surface area (Å²) in [5, 5.41) is 19.1. The highest BCUT2D eigenvalue weighted by molar-refractivity contribution is 6.30. The van der Waals surface area contributed by atoms with Gasteiger partial charge < -0.3 is 14.9 Å². The van der Waals surface area contributed by atoms with Gasteiger partial charge in [-0.2, -0.15) is 0 Å². The molecule has 1 aromatic carbocycles. The van der Waals surface area contributed by atoms with Crippen LogP contribution in [0.4, 0.5) is 0 Å². The summed E-state index contributed by atoms with van der Waals surface area (Å²) >= 11 is 5.76. The van der Waals surface area contributed by atoms with Gasteiger partial charge in [-0.3, -0.25) is 4.79 Å². The molecule has 2 rings (SSSR count). The molecule has 1 aliphatic rings. The molecule has 0 aromatic heterocycles. The van der Waals surface area contributed by atoms with Crippen molar-refractivity contribution in [2.24, 2.45) is 5.92 Å². The molecule has 15 heavy (non-hydrogen) atoms. The molecule has 2 unspecified atom stereocenters. The Bertz CT molecular complexity index is 404. The zero-order valence-electron chi connectivity index (χ0n) is 7.68. The van der Waals surface area contributed by atoms with Crippen LogP contribution in [-0.4, -0.2) is 22.8 Å². The van der Waals surface area contributed by atoms with E-state index in [1.807, 2.05) is 0 Å². The summed E-state index contributed by atoms with van der Waals surface area (Å²) in [5.41, 5.74) is 0.432. The molecule has 2 N–H and O–H groups in total. The quantitative estimate of drug-likeness (QED) is 0.764. The molecule has 5 heteroatoms. The van der Waals surface area contributed by atoms with E-state index >= 15 is 0 Å². The fraction of sp³-hybridized carbons (Fsp3) is 0.300. The van der Waals surface area contributed by atoms with Gasteiger partial charge in [-0.15, -0.1) is 0 Å². The maximum absolute atomic E-state index is 10.8. The van der Waals surface area contributed by atoms with Crippen LogP contribution in [0.25, 0.3) is 0 Å². The first kappa shape index (κ1) is 10.3. The molecule has 0 saturated heterocycles. The van der Waals surface area contributed by atoms with E-state index in [1.54, 1.807) is 12.1 Å². The first-order valence-electron chi connectivity index (χ1n) is 4.42. The van der Waals surface area contributed by atoms with Crippen LogP contribution in [0.15, 0.2) is 18.2 Å². The summed E-state index contributed by atoms with van der Waals surface area (Å²) in [6.45, 7) is -0.0227. The number of hydrogen-bond donors (Lipinski definition) is 2. The largest absolute Gasteiger partial charge is 0.492 e. The minimum atomic E-state index is -1.08. The lowest BCUT2D eigenvalue weighted by Crippen LogP contribution is -2.32. The number of carbonyl (C=O) groups is 1. The zero-order chi connectivity index (χ0) is 11.0. The highest BCUT2D eigenvalue weighted by atomic mass is 35.5. The first-order chi connectivity index (χ1) is 7.09. The number of carboxylic acids is 1. The van der Waals surface area contributed by atoms with Gasteiger partial charge in [-0.05, 0) is 18.2 Å². The lowest BCUT2D eigenvalue weighted by molar-refractivity contribution is -0.148. The van der Waals surface area contributed by atoms with Gasteiger partial charge in [0.15, 0.2) is 0 Å². The fourth-order valence-corrected chi connectivity index (χ4v) is 1.76. The normalized spacial score (nSPS) is 24.1. The third-order valence-corrected chi connectivity index (χ3v) is 2.64. The molecule has 4 nitrogen and oxygen atoms in total. The molecular formula is C10H9ClO4. The Balaban J connectivity index is 2.40. The number of aliphatic hydroxyl groups excluding tert-OH is 1. The average Bonchev–Trinajstić information content (AvgIpc) is 2.19. The van der Waals surface area contributed by atoms with Gasteiger partial charge in [0.2, 0.25) is 0 Å². The number of aliphatic hydroxyl groups is 1. The molecule has 80 valence electrons. The molecular weight excluding hydrogens is 220 g/mol. The molecule has 1 aliphatic heterocycles. The molecule has 0 radical (unpaired) electrons. The minimum absolute atomic E-state index is 0.0227. The van der Waals surface area contributed by atoms with E-state index in [-0.39, 0.29) is 6.61 Å². The first-order valence-corrected chi connectivity index (χ1v) is 4.80. The van der Waals surface area contributed by atoms with Crippen LogP contribution >= 0.6 is 11.6 Å². The van der Waals surface area contributed by atoms with Crippen LogP contribution in [-0.2, 0) is 4.79 Å². The van der Waals surface area contributed by atoms with Gasteiger partial charge in [-0.1, -0.05) is 11.6 Å². The van der Waals surface area contributed by atoms with Crippen LogP contribution in [0, 0.1) is 5.92 Å². The second kappa shape index (κ2) is 3.72. The molecule has 0 spiro atoms. The van der Waals surface area contributed by atoms with Crippen molar-refractivity contribution in [2.45, 2.75) is 6.10 Å². The van der Waals surface area contributed by atoms with E-state index in [9.17, 15) is 9.90 Å². The topological polar surface area (TPSA) is 66.8 Å². The van der Waals surface area contributed by atoms with E-state index in [1.165, 1.54) is 6.07 Å². The van der Waals surface area contributed by atoms with Gasteiger partial charge in [0.1, 0.15) is 18.3 Å². The number of ether oxygens (including phenoxy) is 1. The lowest BCUT2D eigenvalue weighted by atomic mass is 9.93. The van der Waals surface area contributed by atoms with Crippen LogP contribution in [0.5, 0.6) is 5.75 Å². The third kappa shape index (κ3) is 1.78. The predicted molar refractivity (Wildman–Crippen MR) is 53.0 cm³/mol. The van der Waals surface area contributed by atoms with E-state index in [0.717, 1.165) is 0 Å². The second-order valence-corrected chi connectivity index (χ2v) is 3.82. The number of fused-ring (bicyclic) bond motifs is 1. The molecule has 0 fully saturated rings. The fourth-order valence-electron chi connectivity index (χ4n) is 1.58. The van der Waals surface area contributed by atoms with E-state index in [0.29, 0.717) is 16.3 Å². The number of hydrogen-bond acceptors (Lipinski definition) is 3. The Labute approximate surface area is 91.1 Å². The Morgan fingerprint density at radius 3 is 2.93 bits per heavy atom. The van der Waals surface area contributed by atoms with E-state index in [2.05, 4.69) is 0 Å². The number of halogens is 1. The zero-order valence-corrected chi connectivity index (χ0v) is 8.44. The van der Waals surface area contributed by atoms with Crippen molar-refractivity contribution in [3.63, 3.8) is 0 Å². The summed E-state index contributed by atoms with van der Waals surface area (Å²) < 4.78 is 5.22. The predicted octanol–water partition coefficient (Wildman–Crippen LogP) is 1.47. The number of carboxylic acid groups (broad SMARTS) is 1. The van der Waals surface area contributed by atoms with E-state index in [4.69, 9.17) is 21.4 Å². The monoisotopic (exact) mass is 228 g/mol. The maximum atomic E-state index is 10.8. The third-order valence-electron chi connectivity index (χ3n) is 2.41. The molecule has 1 aromatic rings. The Hall–Kier alpha value is -1.26. The van der Waals surface area contributed by atoms with Gasteiger partial charge in [-0.25, -0.2) is 0 Å². The molecule has 2 atom stereocenters. The van der Waals surface area contributed by atoms with Crippen molar-refractivity contribution >= 4 is 17.6 Å². The summed E-state index contributed by atoms with van der Waals surface area (Å²) in [4.78, 5) is 10.8. The summed E-state index contributed by atoms with van der Waals surface area (Å²) in [7, 11) is 0. The summed E-state index contributed by atoms with van der Waals surface area (Å²) in [6.07, 6.45) is -1.06. The summed E-state index contributed by atoms with van der Waals surface area (Å²) in [5.74, 6) is -1.52. The Morgan fingerprint density at radius 2 is 2.27 bits per heavy atom. The number of benzene rings is 1. The Morgan fingerprint density at radius 1 is 1.53 bits per heavy atom. The molecule has 1 heterocycles. The number of rotatable bonds is 1. The van der Waals surface area contributed by atoms with Crippen molar-refractivity contribution < 1.29 is 19.7 Å².